The Kier molecular flexibility index (Phi) is 5.10. The summed E-state index contributed by atoms with van der Waals surface area (Å²) in [5, 5.41) is 12.6. The lowest BCUT2D eigenvalue weighted by Crippen LogP contribution is -2.29. The van der Waals surface area contributed by atoms with Crippen LogP contribution in [0.1, 0.15) is 41.3 Å². The van der Waals surface area contributed by atoms with Crippen molar-refractivity contribution in [3.63, 3.8) is 0 Å². The highest BCUT2D eigenvalue weighted by Crippen LogP contribution is 2.28. The zero-order valence-electron chi connectivity index (χ0n) is 15.3. The van der Waals surface area contributed by atoms with Gasteiger partial charge in [0, 0.05) is 18.8 Å². The van der Waals surface area contributed by atoms with E-state index < -0.39 is 15.7 Å². The van der Waals surface area contributed by atoms with Gasteiger partial charge < -0.3 is 15.0 Å². The number of aryl methyl sites for hydroxylation is 1. The van der Waals surface area contributed by atoms with E-state index in [1.165, 1.54) is 35.9 Å². The number of aromatic hydroxyl groups is 1. The molecule has 0 saturated carbocycles. The second-order valence-electron chi connectivity index (χ2n) is 6.66. The van der Waals surface area contributed by atoms with Gasteiger partial charge in [-0.3, -0.25) is 9.59 Å². The number of fused-ring (bicyclic) bond motifs is 1. The maximum absolute atomic E-state index is 12.8. The van der Waals surface area contributed by atoms with E-state index in [4.69, 9.17) is 0 Å². The number of phenolic OH excluding ortho intramolecular Hbond substituents is 1. The first-order valence-corrected chi connectivity index (χ1v) is 10.5. The molecular weight excluding hydrogens is 368 g/mol. The summed E-state index contributed by atoms with van der Waals surface area (Å²) in [7, 11) is -1.88. The van der Waals surface area contributed by atoms with E-state index in [0.717, 1.165) is 18.4 Å². The molecule has 0 fully saturated rings. The van der Waals surface area contributed by atoms with Gasteiger partial charge in [-0.05, 0) is 49.4 Å². The molecule has 0 atom stereocenters. The molecule has 1 heterocycles. The van der Waals surface area contributed by atoms with Crippen molar-refractivity contribution in [2.75, 3.05) is 11.1 Å². The van der Waals surface area contributed by atoms with Crippen LogP contribution in [0.15, 0.2) is 34.1 Å². The number of aromatic nitrogens is 1. The molecule has 1 aromatic heterocycles. The fourth-order valence-corrected chi connectivity index (χ4v) is 4.25. The summed E-state index contributed by atoms with van der Waals surface area (Å²) in [6.07, 6.45) is 4.58. The monoisotopic (exact) mass is 390 g/mol. The number of carbonyl (C=O) groups excluding carboxylic acids is 1. The van der Waals surface area contributed by atoms with Crippen LogP contribution in [0.4, 0.5) is 5.69 Å². The number of hydrogen-bond donors (Lipinski definition) is 2. The molecule has 2 aromatic rings. The number of nitrogens with one attached hydrogen (secondary N) is 1. The molecule has 1 aliphatic rings. The third kappa shape index (κ3) is 3.62. The third-order valence-corrected chi connectivity index (χ3v) is 6.63. The summed E-state index contributed by atoms with van der Waals surface area (Å²) in [6.45, 7) is 1.53. The first-order chi connectivity index (χ1) is 12.7. The minimum absolute atomic E-state index is 0.0212. The van der Waals surface area contributed by atoms with Crippen molar-refractivity contribution in [2.45, 2.75) is 37.5 Å². The molecule has 0 bridgehead atoms. The third-order valence-electron chi connectivity index (χ3n) is 4.89. The van der Waals surface area contributed by atoms with Crippen LogP contribution in [0.3, 0.4) is 0 Å². The molecule has 1 amide bonds. The Balaban J connectivity index is 2.01. The Hall–Kier alpha value is -2.61. The van der Waals surface area contributed by atoms with E-state index in [2.05, 4.69) is 5.32 Å². The van der Waals surface area contributed by atoms with Gasteiger partial charge in [0.1, 0.15) is 5.75 Å². The maximum atomic E-state index is 12.8. The first-order valence-electron chi connectivity index (χ1n) is 8.83. The van der Waals surface area contributed by atoms with E-state index in [-0.39, 0.29) is 27.6 Å². The molecule has 144 valence electrons. The summed E-state index contributed by atoms with van der Waals surface area (Å²) < 4.78 is 25.5. The Morgan fingerprint density at radius 2 is 1.89 bits per heavy atom. The number of nitrogens with zero attached hydrogens (tertiary/aromatic N) is 1. The number of rotatable bonds is 4. The fourth-order valence-electron chi connectivity index (χ4n) is 3.34. The van der Waals surface area contributed by atoms with Crippen LogP contribution in [-0.2, 0) is 29.7 Å². The van der Waals surface area contributed by atoms with Crippen LogP contribution in [-0.4, -0.2) is 29.8 Å². The molecule has 27 heavy (non-hydrogen) atoms. The van der Waals surface area contributed by atoms with Crippen molar-refractivity contribution in [3.8, 4) is 5.75 Å². The molecule has 1 aromatic carbocycles. The lowest BCUT2D eigenvalue weighted by molar-refractivity contribution is 0.102. The first kappa shape index (κ1) is 19.2. The minimum atomic E-state index is -3.47. The number of amides is 1. The van der Waals surface area contributed by atoms with Crippen molar-refractivity contribution in [1.82, 2.24) is 4.57 Å². The Labute approximate surface area is 157 Å². The molecule has 0 saturated heterocycles. The van der Waals surface area contributed by atoms with Gasteiger partial charge in [-0.2, -0.15) is 0 Å². The van der Waals surface area contributed by atoms with Crippen LogP contribution in [0.5, 0.6) is 5.75 Å². The molecule has 7 nitrogen and oxygen atoms in total. The van der Waals surface area contributed by atoms with Crippen molar-refractivity contribution in [2.24, 2.45) is 7.05 Å². The maximum Gasteiger partial charge on any atom is 0.257 e. The van der Waals surface area contributed by atoms with Crippen LogP contribution < -0.4 is 10.9 Å². The van der Waals surface area contributed by atoms with E-state index in [1.54, 1.807) is 7.05 Å². The lowest BCUT2D eigenvalue weighted by Gasteiger charge is -2.20. The molecule has 0 spiro atoms. The van der Waals surface area contributed by atoms with Gasteiger partial charge in [-0.1, -0.05) is 6.92 Å². The van der Waals surface area contributed by atoms with Crippen LogP contribution in [0, 0.1) is 0 Å². The number of anilines is 1. The van der Waals surface area contributed by atoms with Crippen molar-refractivity contribution < 1.29 is 18.3 Å². The summed E-state index contributed by atoms with van der Waals surface area (Å²) in [4.78, 5) is 25.2. The number of carbonyl (C=O) groups is 1. The Morgan fingerprint density at radius 3 is 2.56 bits per heavy atom. The van der Waals surface area contributed by atoms with Crippen molar-refractivity contribution in [1.29, 1.82) is 0 Å². The van der Waals surface area contributed by atoms with Crippen LogP contribution in [0.2, 0.25) is 0 Å². The molecular formula is C19H22N2O5S. The summed E-state index contributed by atoms with van der Waals surface area (Å²) in [5.74, 6) is -0.790. The molecule has 8 heteroatoms. The van der Waals surface area contributed by atoms with Gasteiger partial charge in [0.15, 0.2) is 9.84 Å². The fraction of sp³-hybridized carbons (Fsp3) is 0.368. The van der Waals surface area contributed by atoms with E-state index in [1.807, 2.05) is 0 Å². The largest absolute Gasteiger partial charge is 0.506 e. The van der Waals surface area contributed by atoms with E-state index in [0.29, 0.717) is 24.0 Å². The second kappa shape index (κ2) is 7.19. The van der Waals surface area contributed by atoms with Crippen molar-refractivity contribution >= 4 is 21.4 Å². The quantitative estimate of drug-likeness (QED) is 0.777. The minimum Gasteiger partial charge on any atom is -0.506 e. The second-order valence-corrected chi connectivity index (χ2v) is 8.94. The Bertz CT molecular complexity index is 1070. The van der Waals surface area contributed by atoms with Gasteiger partial charge in [0.05, 0.1) is 21.9 Å². The Morgan fingerprint density at radius 1 is 1.22 bits per heavy atom. The normalized spacial score (nSPS) is 13.9. The molecule has 0 aliphatic heterocycles. The number of pyridine rings is 1. The molecule has 2 N–H and O–H groups in total. The van der Waals surface area contributed by atoms with Gasteiger partial charge in [-0.25, -0.2) is 8.42 Å². The zero-order chi connectivity index (χ0) is 19.8. The summed E-state index contributed by atoms with van der Waals surface area (Å²) in [5.41, 5.74) is 1.68. The van der Waals surface area contributed by atoms with Crippen LogP contribution in [0.25, 0.3) is 0 Å². The highest BCUT2D eigenvalue weighted by atomic mass is 32.2. The van der Waals surface area contributed by atoms with Gasteiger partial charge in [0.25, 0.3) is 11.5 Å². The average Bonchev–Trinajstić information content (AvgIpc) is 2.66. The highest BCUT2D eigenvalue weighted by molar-refractivity contribution is 7.91. The number of hydrogen-bond acceptors (Lipinski definition) is 5. The zero-order valence-corrected chi connectivity index (χ0v) is 16.1. The molecule has 1 aliphatic carbocycles. The summed E-state index contributed by atoms with van der Waals surface area (Å²) in [6, 6.07) is 3.80. The number of benzene rings is 1. The average molecular weight is 390 g/mol. The van der Waals surface area contributed by atoms with Gasteiger partial charge >= 0.3 is 0 Å². The molecule has 3 rings (SSSR count). The number of sulfone groups is 1. The highest BCUT2D eigenvalue weighted by Gasteiger charge is 2.23. The van der Waals surface area contributed by atoms with Gasteiger partial charge in [0.2, 0.25) is 0 Å². The predicted molar refractivity (Wildman–Crippen MR) is 102 cm³/mol. The van der Waals surface area contributed by atoms with Gasteiger partial charge in [-0.15, -0.1) is 0 Å². The molecule has 0 radical (unpaired) electrons. The summed E-state index contributed by atoms with van der Waals surface area (Å²) >= 11 is 0. The van der Waals surface area contributed by atoms with E-state index in [9.17, 15) is 23.1 Å². The smallest absolute Gasteiger partial charge is 0.257 e. The van der Waals surface area contributed by atoms with Crippen LogP contribution >= 0.6 is 0 Å². The topological polar surface area (TPSA) is 105 Å². The SMILES string of the molecule is CCS(=O)(=O)c1ccc(O)c(NC(=O)c2cn(C)c(=O)c3c2CCCC3)c1. The molecule has 0 unspecified atom stereocenters. The van der Waals surface area contributed by atoms with E-state index >= 15 is 0 Å². The lowest BCUT2D eigenvalue weighted by atomic mass is 9.89. The predicted octanol–water partition coefficient (Wildman–Crippen LogP) is 2.02. The van der Waals surface area contributed by atoms with Crippen molar-refractivity contribution in [3.05, 3.63) is 51.4 Å². The standard InChI is InChI=1S/C19H22N2O5S/c1-3-27(25,26)12-8-9-17(22)16(10-12)20-18(23)15-11-21(2)19(24)14-7-5-4-6-13(14)15/h8-11,22H,3-7H2,1-2H3,(H,20,23). The number of phenols is 1.